The molecule has 2 aromatic rings. The Balaban J connectivity index is 1.78. The molecule has 0 atom stereocenters. The number of carbonyl (C=O) groups excluding carboxylic acids is 1. The highest BCUT2D eigenvalue weighted by Gasteiger charge is 2.28. The molecule has 0 saturated heterocycles. The maximum absolute atomic E-state index is 13.8. The predicted octanol–water partition coefficient (Wildman–Crippen LogP) is 2.81. The minimum atomic E-state index is -0.838. The van der Waals surface area contributed by atoms with Gasteiger partial charge >= 0.3 is 5.97 Å². The monoisotopic (exact) mass is 356 g/mol. The molecule has 8 nitrogen and oxygen atoms in total. The molecule has 0 saturated carbocycles. The molecule has 0 aliphatic carbocycles. The van der Waals surface area contributed by atoms with Gasteiger partial charge in [0.05, 0.1) is 22.1 Å². The number of fused-ring (bicyclic) bond motifs is 1. The number of carbonyl (C=O) groups is 1. The molecule has 0 amide bonds. The number of nitro benzene ring substituents is 1. The van der Waals surface area contributed by atoms with Gasteiger partial charge in [0.25, 0.3) is 5.69 Å². The van der Waals surface area contributed by atoms with E-state index in [1.54, 1.807) is 6.07 Å². The Hall–Kier alpha value is -3.75. The summed E-state index contributed by atoms with van der Waals surface area (Å²) in [5, 5.41) is 11.3. The lowest BCUT2D eigenvalue weighted by molar-refractivity contribution is -0.385. The maximum atomic E-state index is 13.8. The van der Waals surface area contributed by atoms with Gasteiger partial charge in [0.1, 0.15) is 5.82 Å². The lowest BCUT2D eigenvalue weighted by Gasteiger charge is -2.01. The predicted molar refractivity (Wildman–Crippen MR) is 86.2 cm³/mol. The summed E-state index contributed by atoms with van der Waals surface area (Å²) < 4.78 is 29.1. The highest BCUT2D eigenvalue weighted by molar-refractivity contribution is 6.13. The molecule has 2 aliphatic rings. The van der Waals surface area contributed by atoms with Crippen LogP contribution in [0.5, 0.6) is 11.5 Å². The number of hydrogen-bond acceptors (Lipinski definition) is 7. The van der Waals surface area contributed by atoms with Crippen molar-refractivity contribution in [3.05, 3.63) is 69.2 Å². The molecular weight excluding hydrogens is 347 g/mol. The Kier molecular flexibility index (Phi) is 3.61. The molecule has 0 fully saturated rings. The van der Waals surface area contributed by atoms with E-state index in [4.69, 9.17) is 14.2 Å². The lowest BCUT2D eigenvalue weighted by Crippen LogP contribution is -2.07. The fourth-order valence-electron chi connectivity index (χ4n) is 2.53. The van der Waals surface area contributed by atoms with Crippen LogP contribution in [0, 0.1) is 15.9 Å². The summed E-state index contributed by atoms with van der Waals surface area (Å²) >= 11 is 0. The molecule has 0 N–H and O–H groups in total. The van der Waals surface area contributed by atoms with Crippen LogP contribution in [0.4, 0.5) is 10.1 Å². The Morgan fingerprint density at radius 1 is 1.19 bits per heavy atom. The standard InChI is InChI=1S/C17H9FN2O6/c18-11-4-2-1-3-10(11)16-19-12(17(21)26-16)5-9-6-14-15(25-8-24-14)7-13(9)20(22)23/h1-7H,8H2. The van der Waals surface area contributed by atoms with Crippen LogP contribution in [0.1, 0.15) is 11.1 Å². The van der Waals surface area contributed by atoms with E-state index in [0.717, 1.165) is 0 Å². The van der Waals surface area contributed by atoms with Gasteiger partial charge in [-0.1, -0.05) is 12.1 Å². The van der Waals surface area contributed by atoms with E-state index in [9.17, 15) is 19.3 Å². The molecule has 26 heavy (non-hydrogen) atoms. The van der Waals surface area contributed by atoms with Crippen molar-refractivity contribution in [1.29, 1.82) is 0 Å². The summed E-state index contributed by atoms with van der Waals surface area (Å²) in [6, 6.07) is 8.25. The second-order valence-electron chi connectivity index (χ2n) is 5.34. The van der Waals surface area contributed by atoms with E-state index >= 15 is 0 Å². The zero-order chi connectivity index (χ0) is 18.3. The fourth-order valence-corrected chi connectivity index (χ4v) is 2.53. The van der Waals surface area contributed by atoms with Gasteiger partial charge in [-0.15, -0.1) is 0 Å². The average Bonchev–Trinajstić information content (AvgIpc) is 3.21. The first-order valence-electron chi connectivity index (χ1n) is 7.38. The highest BCUT2D eigenvalue weighted by Crippen LogP contribution is 2.39. The summed E-state index contributed by atoms with van der Waals surface area (Å²) in [6.45, 7) is -0.0514. The third kappa shape index (κ3) is 2.65. The third-order valence-corrected chi connectivity index (χ3v) is 3.74. The number of benzene rings is 2. The fraction of sp³-hybridized carbons (Fsp3) is 0.0588. The van der Waals surface area contributed by atoms with Crippen molar-refractivity contribution in [2.75, 3.05) is 6.79 Å². The van der Waals surface area contributed by atoms with Crippen LogP contribution in [0.2, 0.25) is 0 Å². The lowest BCUT2D eigenvalue weighted by atomic mass is 10.1. The van der Waals surface area contributed by atoms with Crippen LogP contribution in [-0.4, -0.2) is 23.6 Å². The summed E-state index contributed by atoms with van der Waals surface area (Å²) in [6.07, 6.45) is 1.19. The van der Waals surface area contributed by atoms with E-state index < -0.39 is 16.7 Å². The summed E-state index contributed by atoms with van der Waals surface area (Å²) in [5.41, 5.74) is -0.372. The molecule has 4 rings (SSSR count). The van der Waals surface area contributed by atoms with Crippen LogP contribution in [0.3, 0.4) is 0 Å². The summed E-state index contributed by atoms with van der Waals surface area (Å²) in [7, 11) is 0. The van der Waals surface area contributed by atoms with Crippen molar-refractivity contribution < 1.29 is 28.3 Å². The molecule has 0 bridgehead atoms. The molecular formula is C17H9FN2O6. The molecule has 2 heterocycles. The molecule has 2 aliphatic heterocycles. The van der Waals surface area contributed by atoms with Crippen molar-refractivity contribution in [3.63, 3.8) is 0 Å². The first-order valence-corrected chi connectivity index (χ1v) is 7.38. The van der Waals surface area contributed by atoms with Gasteiger partial charge < -0.3 is 14.2 Å². The second-order valence-corrected chi connectivity index (χ2v) is 5.34. The van der Waals surface area contributed by atoms with E-state index in [0.29, 0.717) is 5.75 Å². The normalized spacial score (nSPS) is 16.6. The second kappa shape index (κ2) is 5.96. The van der Waals surface area contributed by atoms with Gasteiger partial charge in [-0.2, -0.15) is 0 Å². The Bertz CT molecular complexity index is 1010. The van der Waals surface area contributed by atoms with Crippen LogP contribution in [0.25, 0.3) is 6.08 Å². The zero-order valence-corrected chi connectivity index (χ0v) is 13.0. The largest absolute Gasteiger partial charge is 0.454 e. The smallest absolute Gasteiger partial charge is 0.363 e. The number of cyclic esters (lactones) is 1. The number of ether oxygens (including phenoxy) is 3. The van der Waals surface area contributed by atoms with E-state index in [2.05, 4.69) is 4.99 Å². The van der Waals surface area contributed by atoms with Gasteiger partial charge in [0, 0.05) is 0 Å². The van der Waals surface area contributed by atoms with Crippen molar-refractivity contribution in [2.24, 2.45) is 4.99 Å². The Labute approximate surface area is 145 Å². The van der Waals surface area contributed by atoms with Crippen molar-refractivity contribution in [2.45, 2.75) is 0 Å². The van der Waals surface area contributed by atoms with Crippen LogP contribution < -0.4 is 9.47 Å². The topological polar surface area (TPSA) is 100 Å². The quantitative estimate of drug-likeness (QED) is 0.363. The molecule has 2 aromatic carbocycles. The summed E-state index contributed by atoms with van der Waals surface area (Å²) in [4.78, 5) is 26.7. The maximum Gasteiger partial charge on any atom is 0.363 e. The first-order chi connectivity index (χ1) is 12.5. The molecule has 0 radical (unpaired) electrons. The highest BCUT2D eigenvalue weighted by atomic mass is 19.1. The van der Waals surface area contributed by atoms with Gasteiger partial charge in [0.2, 0.25) is 12.7 Å². The number of halogens is 1. The van der Waals surface area contributed by atoms with Crippen LogP contribution in [0.15, 0.2) is 47.1 Å². The number of nitro groups is 1. The van der Waals surface area contributed by atoms with Gasteiger partial charge in [0.15, 0.2) is 17.2 Å². The average molecular weight is 356 g/mol. The molecule has 9 heteroatoms. The van der Waals surface area contributed by atoms with Crippen LogP contribution >= 0.6 is 0 Å². The van der Waals surface area contributed by atoms with E-state index in [1.165, 1.54) is 36.4 Å². The van der Waals surface area contributed by atoms with Gasteiger partial charge in [-0.05, 0) is 24.3 Å². The number of hydrogen-bond donors (Lipinski definition) is 0. The van der Waals surface area contributed by atoms with Gasteiger partial charge in [-0.25, -0.2) is 14.2 Å². The SMILES string of the molecule is O=C1OC(c2ccccc2F)=NC1=Cc1cc2c(cc1[N+](=O)[O-])OCO2. The first kappa shape index (κ1) is 15.8. The molecule has 0 aromatic heterocycles. The number of rotatable bonds is 3. The summed E-state index contributed by atoms with van der Waals surface area (Å²) in [5.74, 6) is -1.09. The number of nitrogens with zero attached hydrogens (tertiary/aromatic N) is 2. The van der Waals surface area contributed by atoms with Crippen molar-refractivity contribution in [3.8, 4) is 11.5 Å². The third-order valence-electron chi connectivity index (χ3n) is 3.74. The van der Waals surface area contributed by atoms with E-state index in [-0.39, 0.29) is 41.0 Å². The van der Waals surface area contributed by atoms with Crippen molar-refractivity contribution >= 4 is 23.6 Å². The minimum Gasteiger partial charge on any atom is -0.454 e. The zero-order valence-electron chi connectivity index (χ0n) is 13.0. The number of aliphatic imine (C=N–C) groups is 1. The van der Waals surface area contributed by atoms with Gasteiger partial charge in [-0.3, -0.25) is 10.1 Å². The number of esters is 1. The molecule has 0 spiro atoms. The molecule has 0 unspecified atom stereocenters. The van der Waals surface area contributed by atoms with Crippen LogP contribution in [-0.2, 0) is 9.53 Å². The Morgan fingerprint density at radius 3 is 2.65 bits per heavy atom. The minimum absolute atomic E-state index is 0.0180. The molecule has 130 valence electrons. The van der Waals surface area contributed by atoms with Crippen molar-refractivity contribution in [1.82, 2.24) is 0 Å². The Morgan fingerprint density at radius 2 is 1.92 bits per heavy atom. The van der Waals surface area contributed by atoms with E-state index in [1.807, 2.05) is 0 Å².